The van der Waals surface area contributed by atoms with E-state index < -0.39 is 0 Å². The summed E-state index contributed by atoms with van der Waals surface area (Å²) in [6.07, 6.45) is 0. The Labute approximate surface area is 96.6 Å². The van der Waals surface area contributed by atoms with Crippen LogP contribution in [0.2, 0.25) is 0 Å². The molecule has 2 nitrogen and oxygen atoms in total. The third-order valence-corrected chi connectivity index (χ3v) is 3.06. The molecule has 0 radical (unpaired) electrons. The number of hydrogen-bond acceptors (Lipinski definition) is 2. The molecule has 0 saturated carbocycles. The van der Waals surface area contributed by atoms with Crippen LogP contribution in [0.1, 0.15) is 36.7 Å². The molecule has 86 valence electrons. The van der Waals surface area contributed by atoms with Gasteiger partial charge in [-0.1, -0.05) is 19.9 Å². The molecule has 2 rings (SSSR count). The van der Waals surface area contributed by atoms with Crippen molar-refractivity contribution >= 4 is 11.0 Å². The summed E-state index contributed by atoms with van der Waals surface area (Å²) in [5, 5.41) is 4.38. The second-order valence-electron chi connectivity index (χ2n) is 4.59. The van der Waals surface area contributed by atoms with Gasteiger partial charge in [-0.05, 0) is 43.1 Å². The monoisotopic (exact) mass is 217 g/mol. The number of nitrogens with one attached hydrogen (secondary N) is 1. The Morgan fingerprint density at radius 3 is 2.69 bits per heavy atom. The van der Waals surface area contributed by atoms with E-state index in [0.717, 1.165) is 17.9 Å². The van der Waals surface area contributed by atoms with Gasteiger partial charge in [0.25, 0.3) is 0 Å². The lowest BCUT2D eigenvalue weighted by molar-refractivity contribution is 0.527. The summed E-state index contributed by atoms with van der Waals surface area (Å²) in [6, 6.07) is 6.48. The second kappa shape index (κ2) is 4.30. The van der Waals surface area contributed by atoms with E-state index in [9.17, 15) is 0 Å². The fourth-order valence-corrected chi connectivity index (χ4v) is 1.98. The molecule has 2 aromatic rings. The first-order chi connectivity index (χ1) is 7.63. The van der Waals surface area contributed by atoms with Crippen molar-refractivity contribution in [1.29, 1.82) is 0 Å². The third kappa shape index (κ3) is 1.85. The van der Waals surface area contributed by atoms with Crippen LogP contribution in [0.5, 0.6) is 0 Å². The lowest BCUT2D eigenvalue weighted by Gasteiger charge is -2.04. The Kier molecular flexibility index (Phi) is 3.01. The molecule has 1 heterocycles. The van der Waals surface area contributed by atoms with Gasteiger partial charge in [-0.25, -0.2) is 0 Å². The van der Waals surface area contributed by atoms with Gasteiger partial charge in [-0.3, -0.25) is 0 Å². The molecule has 16 heavy (non-hydrogen) atoms. The number of aryl methyl sites for hydroxylation is 1. The van der Waals surface area contributed by atoms with Crippen molar-refractivity contribution in [1.82, 2.24) is 5.32 Å². The summed E-state index contributed by atoms with van der Waals surface area (Å²) in [4.78, 5) is 0. The zero-order valence-electron chi connectivity index (χ0n) is 10.4. The van der Waals surface area contributed by atoms with E-state index in [2.05, 4.69) is 44.3 Å². The van der Waals surface area contributed by atoms with Crippen LogP contribution >= 0.6 is 0 Å². The van der Waals surface area contributed by atoms with Crippen LogP contribution in [-0.2, 0) is 6.54 Å². The predicted octanol–water partition coefficient (Wildman–Crippen LogP) is 3.58. The molecule has 1 N–H and O–H groups in total. The molecular weight excluding hydrogens is 198 g/mol. The maximum absolute atomic E-state index is 5.81. The van der Waals surface area contributed by atoms with Gasteiger partial charge >= 0.3 is 0 Å². The van der Waals surface area contributed by atoms with E-state index in [0.29, 0.717) is 5.92 Å². The molecule has 0 unspecified atom stereocenters. The summed E-state index contributed by atoms with van der Waals surface area (Å²) in [5.74, 6) is 1.60. The Morgan fingerprint density at radius 2 is 2.06 bits per heavy atom. The Bertz CT molecular complexity index is 497. The molecule has 0 amide bonds. The van der Waals surface area contributed by atoms with Crippen molar-refractivity contribution in [2.75, 3.05) is 7.05 Å². The largest absolute Gasteiger partial charge is 0.459 e. The minimum Gasteiger partial charge on any atom is -0.459 e. The van der Waals surface area contributed by atoms with E-state index in [1.807, 2.05) is 7.05 Å². The molecule has 0 aliphatic heterocycles. The average Bonchev–Trinajstić information content (AvgIpc) is 2.56. The van der Waals surface area contributed by atoms with Gasteiger partial charge in [-0.15, -0.1) is 0 Å². The average molecular weight is 217 g/mol. The van der Waals surface area contributed by atoms with Gasteiger partial charge in [0, 0.05) is 5.39 Å². The number of fused-ring (bicyclic) bond motifs is 1. The first-order valence-corrected chi connectivity index (χ1v) is 5.80. The summed E-state index contributed by atoms with van der Waals surface area (Å²) < 4.78 is 5.81. The highest BCUT2D eigenvalue weighted by Crippen LogP contribution is 2.28. The fraction of sp³-hybridized carbons (Fsp3) is 0.429. The highest BCUT2D eigenvalue weighted by atomic mass is 16.3. The molecule has 2 heteroatoms. The number of rotatable bonds is 3. The summed E-state index contributed by atoms with van der Waals surface area (Å²) >= 11 is 0. The Balaban J connectivity index is 2.55. The van der Waals surface area contributed by atoms with Crippen LogP contribution < -0.4 is 5.32 Å². The van der Waals surface area contributed by atoms with E-state index >= 15 is 0 Å². The summed E-state index contributed by atoms with van der Waals surface area (Å²) in [7, 11) is 1.94. The molecule has 0 aliphatic carbocycles. The summed E-state index contributed by atoms with van der Waals surface area (Å²) in [5.41, 5.74) is 3.62. The van der Waals surface area contributed by atoms with Crippen LogP contribution in [-0.4, -0.2) is 7.05 Å². The normalized spacial score (nSPS) is 11.6. The van der Waals surface area contributed by atoms with E-state index in [-0.39, 0.29) is 0 Å². The van der Waals surface area contributed by atoms with Crippen molar-refractivity contribution in [2.24, 2.45) is 0 Å². The van der Waals surface area contributed by atoms with Crippen molar-refractivity contribution in [2.45, 2.75) is 33.2 Å². The SMILES string of the molecule is CNCc1oc2ccc(C(C)C)cc2c1C. The van der Waals surface area contributed by atoms with E-state index in [1.165, 1.54) is 16.5 Å². The molecule has 1 aromatic heterocycles. The molecule has 0 bridgehead atoms. The zero-order valence-corrected chi connectivity index (χ0v) is 10.4. The molecule has 0 atom stereocenters. The zero-order chi connectivity index (χ0) is 11.7. The predicted molar refractivity (Wildman–Crippen MR) is 67.8 cm³/mol. The van der Waals surface area contributed by atoms with Gasteiger partial charge in [0.05, 0.1) is 6.54 Å². The van der Waals surface area contributed by atoms with Gasteiger partial charge in [0.2, 0.25) is 0 Å². The Hall–Kier alpha value is -1.28. The Morgan fingerprint density at radius 1 is 1.31 bits per heavy atom. The lowest BCUT2D eigenvalue weighted by atomic mass is 10.0. The summed E-state index contributed by atoms with van der Waals surface area (Å²) in [6.45, 7) is 7.34. The van der Waals surface area contributed by atoms with E-state index in [4.69, 9.17) is 4.42 Å². The number of furan rings is 1. The van der Waals surface area contributed by atoms with Crippen LogP contribution in [0.4, 0.5) is 0 Å². The van der Waals surface area contributed by atoms with Gasteiger partial charge in [-0.2, -0.15) is 0 Å². The molecule has 0 aliphatic rings. The third-order valence-electron chi connectivity index (χ3n) is 3.06. The van der Waals surface area contributed by atoms with Crippen molar-refractivity contribution in [3.05, 3.63) is 35.1 Å². The number of benzene rings is 1. The van der Waals surface area contributed by atoms with Crippen molar-refractivity contribution < 1.29 is 4.42 Å². The second-order valence-corrected chi connectivity index (χ2v) is 4.59. The van der Waals surface area contributed by atoms with Gasteiger partial charge in [0.15, 0.2) is 0 Å². The molecule has 0 spiro atoms. The number of hydrogen-bond donors (Lipinski definition) is 1. The van der Waals surface area contributed by atoms with Gasteiger partial charge in [0.1, 0.15) is 11.3 Å². The molecule has 0 saturated heterocycles. The molecule has 1 aromatic carbocycles. The fourth-order valence-electron chi connectivity index (χ4n) is 1.98. The quantitative estimate of drug-likeness (QED) is 0.850. The molecule has 0 fully saturated rings. The standard InChI is InChI=1S/C14H19NO/c1-9(2)11-5-6-13-12(7-11)10(3)14(16-13)8-15-4/h5-7,9,15H,8H2,1-4H3. The van der Waals surface area contributed by atoms with Crippen molar-refractivity contribution in [3.8, 4) is 0 Å². The van der Waals surface area contributed by atoms with Crippen LogP contribution in [0.3, 0.4) is 0 Å². The smallest absolute Gasteiger partial charge is 0.134 e. The van der Waals surface area contributed by atoms with Crippen LogP contribution in [0.15, 0.2) is 22.6 Å². The lowest BCUT2D eigenvalue weighted by Crippen LogP contribution is -2.04. The minimum absolute atomic E-state index is 0.562. The first kappa shape index (κ1) is 11.2. The van der Waals surface area contributed by atoms with Crippen LogP contribution in [0.25, 0.3) is 11.0 Å². The van der Waals surface area contributed by atoms with E-state index in [1.54, 1.807) is 0 Å². The maximum Gasteiger partial charge on any atom is 0.134 e. The van der Waals surface area contributed by atoms with Gasteiger partial charge < -0.3 is 9.73 Å². The molecular formula is C14H19NO. The highest BCUT2D eigenvalue weighted by molar-refractivity contribution is 5.82. The highest BCUT2D eigenvalue weighted by Gasteiger charge is 2.10. The minimum atomic E-state index is 0.562. The topological polar surface area (TPSA) is 25.2 Å². The maximum atomic E-state index is 5.81. The van der Waals surface area contributed by atoms with Crippen molar-refractivity contribution in [3.63, 3.8) is 0 Å². The first-order valence-electron chi connectivity index (χ1n) is 5.80. The van der Waals surface area contributed by atoms with Crippen LogP contribution in [0, 0.1) is 6.92 Å².